The summed E-state index contributed by atoms with van der Waals surface area (Å²) >= 11 is 6.47. The molecule has 0 bridgehead atoms. The number of nitrogens with one attached hydrogen (secondary N) is 1. The summed E-state index contributed by atoms with van der Waals surface area (Å²) in [7, 11) is 0. The first-order chi connectivity index (χ1) is 7.59. The van der Waals surface area contributed by atoms with Crippen LogP contribution < -0.4 is 5.32 Å². The fourth-order valence-electron chi connectivity index (χ4n) is 1.00. The molecule has 1 aromatic rings. The van der Waals surface area contributed by atoms with E-state index in [1.54, 1.807) is 6.92 Å². The molecule has 0 saturated carbocycles. The highest BCUT2D eigenvalue weighted by molar-refractivity contribution is 8.22. The molecule has 3 nitrogen and oxygen atoms in total. The van der Waals surface area contributed by atoms with Crippen LogP contribution in [0.25, 0.3) is 0 Å². The Hall–Kier alpha value is -1.07. The molecule has 1 rings (SSSR count). The molecule has 0 heterocycles. The van der Waals surface area contributed by atoms with Crippen LogP contribution in [0.4, 0.5) is 0 Å². The second-order valence-electron chi connectivity index (χ2n) is 3.27. The van der Waals surface area contributed by atoms with Gasteiger partial charge in [0, 0.05) is 5.75 Å². The molecule has 0 saturated heterocycles. The number of carboxylic acid groups (broad SMARTS) is 1. The number of rotatable bonds is 4. The summed E-state index contributed by atoms with van der Waals surface area (Å²) in [5.74, 6) is -0.151. The molecule has 0 fully saturated rings. The summed E-state index contributed by atoms with van der Waals surface area (Å²) in [5, 5.41) is 11.4. The van der Waals surface area contributed by atoms with Crippen molar-refractivity contribution in [1.29, 1.82) is 0 Å². The van der Waals surface area contributed by atoms with Gasteiger partial charge in [-0.3, -0.25) is 4.79 Å². The van der Waals surface area contributed by atoms with Gasteiger partial charge >= 0.3 is 5.97 Å². The van der Waals surface area contributed by atoms with Crippen LogP contribution in [0, 0.1) is 0 Å². The molecule has 0 unspecified atom stereocenters. The van der Waals surface area contributed by atoms with Gasteiger partial charge in [0.2, 0.25) is 0 Å². The molecule has 0 aliphatic rings. The maximum absolute atomic E-state index is 10.6. The van der Waals surface area contributed by atoms with Gasteiger partial charge in [-0.05, 0) is 12.5 Å². The number of hydrogen-bond donors (Lipinski definition) is 2. The lowest BCUT2D eigenvalue weighted by Crippen LogP contribution is -2.36. The highest BCUT2D eigenvalue weighted by Crippen LogP contribution is 2.12. The minimum atomic E-state index is -0.900. The van der Waals surface area contributed by atoms with Crippen LogP contribution in [0.1, 0.15) is 12.5 Å². The Morgan fingerprint density at radius 2 is 2.12 bits per heavy atom. The van der Waals surface area contributed by atoms with E-state index in [0.29, 0.717) is 4.32 Å². The van der Waals surface area contributed by atoms with E-state index < -0.39 is 12.0 Å². The summed E-state index contributed by atoms with van der Waals surface area (Å²) < 4.78 is 0.513. The van der Waals surface area contributed by atoms with Gasteiger partial charge in [0.15, 0.2) is 0 Å². The van der Waals surface area contributed by atoms with Gasteiger partial charge in [0.05, 0.1) is 0 Å². The zero-order valence-electron chi connectivity index (χ0n) is 8.84. The Kier molecular flexibility index (Phi) is 5.28. The Bertz CT molecular complexity index is 368. The Morgan fingerprint density at radius 1 is 1.50 bits per heavy atom. The second-order valence-corrected chi connectivity index (χ2v) is 4.92. The molecular weight excluding hydrogens is 242 g/mol. The van der Waals surface area contributed by atoms with E-state index in [-0.39, 0.29) is 0 Å². The van der Waals surface area contributed by atoms with Gasteiger partial charge < -0.3 is 10.4 Å². The third-order valence-corrected chi connectivity index (χ3v) is 3.25. The van der Waals surface area contributed by atoms with Crippen LogP contribution in [-0.2, 0) is 10.5 Å². The average Bonchev–Trinajstić information content (AvgIpc) is 2.27. The van der Waals surface area contributed by atoms with E-state index >= 15 is 0 Å². The molecule has 0 aromatic heterocycles. The molecule has 0 amide bonds. The summed E-state index contributed by atoms with van der Waals surface area (Å²) in [6.45, 7) is 1.57. The van der Waals surface area contributed by atoms with Crippen LogP contribution in [0.5, 0.6) is 0 Å². The van der Waals surface area contributed by atoms with Crippen molar-refractivity contribution in [3.05, 3.63) is 35.9 Å². The minimum Gasteiger partial charge on any atom is -0.480 e. The van der Waals surface area contributed by atoms with Gasteiger partial charge in [-0.15, -0.1) is 0 Å². The molecule has 1 atom stereocenters. The monoisotopic (exact) mass is 255 g/mol. The van der Waals surface area contributed by atoms with Crippen molar-refractivity contribution in [1.82, 2.24) is 5.32 Å². The second kappa shape index (κ2) is 6.50. The first kappa shape index (κ1) is 13.0. The van der Waals surface area contributed by atoms with Crippen molar-refractivity contribution in [3.63, 3.8) is 0 Å². The Labute approximate surface area is 104 Å². The van der Waals surface area contributed by atoms with E-state index in [2.05, 4.69) is 5.32 Å². The van der Waals surface area contributed by atoms with E-state index in [9.17, 15) is 4.79 Å². The molecule has 86 valence electrons. The number of aliphatic carboxylic acids is 1. The predicted octanol–water partition coefficient (Wildman–Crippen LogP) is 2.27. The first-order valence-electron chi connectivity index (χ1n) is 4.79. The van der Waals surface area contributed by atoms with Gasteiger partial charge in [-0.2, -0.15) is 0 Å². The topological polar surface area (TPSA) is 49.3 Å². The van der Waals surface area contributed by atoms with Crippen molar-refractivity contribution >= 4 is 34.3 Å². The fraction of sp³-hybridized carbons (Fsp3) is 0.273. The predicted molar refractivity (Wildman–Crippen MR) is 70.6 cm³/mol. The molecule has 0 spiro atoms. The SMILES string of the molecule is C[C@H](NC(=S)SCc1ccccc1)C(=O)O. The van der Waals surface area contributed by atoms with Gasteiger partial charge in [0.25, 0.3) is 0 Å². The smallest absolute Gasteiger partial charge is 0.325 e. The number of carbonyl (C=O) groups is 1. The number of thiocarbonyl (C=S) groups is 1. The maximum atomic E-state index is 10.6. The van der Waals surface area contributed by atoms with E-state index in [4.69, 9.17) is 17.3 Å². The van der Waals surface area contributed by atoms with Crippen molar-refractivity contribution in [3.8, 4) is 0 Å². The molecular formula is C11H13NO2S2. The standard InChI is InChI=1S/C11H13NO2S2/c1-8(10(13)14)12-11(15)16-7-9-5-3-2-4-6-9/h2-6,8H,7H2,1H3,(H,12,15)(H,13,14)/t8-/m0/s1. The Balaban J connectivity index is 2.33. The van der Waals surface area contributed by atoms with Crippen LogP contribution in [0.2, 0.25) is 0 Å². The maximum Gasteiger partial charge on any atom is 0.325 e. The molecule has 1 aromatic carbocycles. The lowest BCUT2D eigenvalue weighted by molar-refractivity contribution is -0.138. The largest absolute Gasteiger partial charge is 0.480 e. The number of hydrogen-bond acceptors (Lipinski definition) is 3. The summed E-state index contributed by atoms with van der Waals surface area (Å²) in [4.78, 5) is 10.6. The molecule has 0 radical (unpaired) electrons. The van der Waals surface area contributed by atoms with Crippen LogP contribution >= 0.6 is 24.0 Å². The van der Waals surface area contributed by atoms with E-state index in [1.165, 1.54) is 17.3 Å². The van der Waals surface area contributed by atoms with Crippen molar-refractivity contribution in [2.75, 3.05) is 0 Å². The number of benzene rings is 1. The quantitative estimate of drug-likeness (QED) is 0.808. The zero-order chi connectivity index (χ0) is 12.0. The number of thioether (sulfide) groups is 1. The molecule has 0 aliphatic carbocycles. The van der Waals surface area contributed by atoms with Gasteiger partial charge in [0.1, 0.15) is 10.4 Å². The lowest BCUT2D eigenvalue weighted by atomic mass is 10.2. The molecule has 16 heavy (non-hydrogen) atoms. The zero-order valence-corrected chi connectivity index (χ0v) is 10.5. The highest BCUT2D eigenvalue weighted by Gasteiger charge is 2.11. The van der Waals surface area contributed by atoms with Crippen LogP contribution in [0.15, 0.2) is 30.3 Å². The van der Waals surface area contributed by atoms with Crippen LogP contribution in [0.3, 0.4) is 0 Å². The minimum absolute atomic E-state index is 0.513. The van der Waals surface area contributed by atoms with Gasteiger partial charge in [-0.25, -0.2) is 0 Å². The third-order valence-electron chi connectivity index (χ3n) is 1.92. The van der Waals surface area contributed by atoms with Crippen molar-refractivity contribution in [2.24, 2.45) is 0 Å². The summed E-state index contributed by atoms with van der Waals surface area (Å²) in [6, 6.07) is 9.26. The lowest BCUT2D eigenvalue weighted by Gasteiger charge is -2.10. The number of carboxylic acids is 1. The third kappa shape index (κ3) is 4.63. The van der Waals surface area contributed by atoms with Crippen molar-refractivity contribution < 1.29 is 9.90 Å². The fourth-order valence-corrected chi connectivity index (χ4v) is 2.11. The molecule has 5 heteroatoms. The van der Waals surface area contributed by atoms with Crippen molar-refractivity contribution in [2.45, 2.75) is 18.7 Å². The Morgan fingerprint density at radius 3 is 2.69 bits per heavy atom. The van der Waals surface area contributed by atoms with Crippen LogP contribution in [-0.4, -0.2) is 21.4 Å². The first-order valence-corrected chi connectivity index (χ1v) is 6.19. The molecule has 0 aliphatic heterocycles. The van der Waals surface area contributed by atoms with E-state index in [0.717, 1.165) is 5.75 Å². The van der Waals surface area contributed by atoms with E-state index in [1.807, 2.05) is 30.3 Å². The normalized spacial score (nSPS) is 11.8. The summed E-state index contributed by atoms with van der Waals surface area (Å²) in [5.41, 5.74) is 1.17. The summed E-state index contributed by atoms with van der Waals surface area (Å²) in [6.07, 6.45) is 0. The van der Waals surface area contributed by atoms with Gasteiger partial charge in [-0.1, -0.05) is 54.3 Å². The molecule has 2 N–H and O–H groups in total. The average molecular weight is 255 g/mol. The highest BCUT2D eigenvalue weighted by atomic mass is 32.2.